The molecule has 2 fully saturated rings. The van der Waals surface area contributed by atoms with Gasteiger partial charge in [-0.2, -0.15) is 0 Å². The minimum atomic E-state index is -0.730. The van der Waals surface area contributed by atoms with Gasteiger partial charge < -0.3 is 14.6 Å². The molecule has 0 aromatic rings. The highest BCUT2D eigenvalue weighted by molar-refractivity contribution is 5.91. The fraction of sp³-hybridized carbons (Fsp3) is 0.647. The standard InChI is InChI=1S/C17H22O5/c1-8-11-5-12-9(2)15(19)14(21-10(3)18)7-17(12,4)6-13(11)22-16(8)20/h5,9,11,13-15,19H,1,6-7H2,2-4H3/t9-,11-,13-,14-,15-,17+/m1/s1. The van der Waals surface area contributed by atoms with E-state index in [0.29, 0.717) is 18.4 Å². The van der Waals surface area contributed by atoms with Crippen LogP contribution in [0.2, 0.25) is 0 Å². The Morgan fingerprint density at radius 1 is 1.50 bits per heavy atom. The van der Waals surface area contributed by atoms with E-state index in [4.69, 9.17) is 9.47 Å². The molecule has 0 amide bonds. The summed E-state index contributed by atoms with van der Waals surface area (Å²) in [7, 11) is 0. The van der Waals surface area contributed by atoms with Crippen LogP contribution >= 0.6 is 0 Å². The Labute approximate surface area is 130 Å². The molecular formula is C17H22O5. The summed E-state index contributed by atoms with van der Waals surface area (Å²) in [6.45, 7) is 9.20. The Kier molecular flexibility index (Phi) is 3.44. The molecule has 0 bridgehead atoms. The van der Waals surface area contributed by atoms with Gasteiger partial charge in [-0.05, 0) is 18.3 Å². The SMILES string of the molecule is C=C1C(=O)O[C@@H]2C[C@@]3(C)C[C@@H](OC(C)=O)[C@H](O)[C@H](C)C3=C[C@H]12. The summed E-state index contributed by atoms with van der Waals surface area (Å²) in [5.41, 5.74) is 1.36. The first-order valence-corrected chi connectivity index (χ1v) is 7.70. The molecule has 5 heteroatoms. The molecule has 5 nitrogen and oxygen atoms in total. The van der Waals surface area contributed by atoms with Crippen LogP contribution in [-0.4, -0.2) is 35.4 Å². The van der Waals surface area contributed by atoms with E-state index < -0.39 is 12.2 Å². The van der Waals surface area contributed by atoms with Gasteiger partial charge >= 0.3 is 11.9 Å². The number of rotatable bonds is 1. The topological polar surface area (TPSA) is 72.8 Å². The second-order valence-corrected chi connectivity index (χ2v) is 7.01. The molecule has 0 aromatic carbocycles. The zero-order valence-corrected chi connectivity index (χ0v) is 13.2. The highest BCUT2D eigenvalue weighted by atomic mass is 16.6. The van der Waals surface area contributed by atoms with Crippen molar-refractivity contribution < 1.29 is 24.2 Å². The van der Waals surface area contributed by atoms with Crippen LogP contribution in [0.3, 0.4) is 0 Å². The minimum absolute atomic E-state index is 0.101. The van der Waals surface area contributed by atoms with Crippen molar-refractivity contribution in [2.45, 2.75) is 51.9 Å². The predicted octanol–water partition coefficient (Wildman–Crippen LogP) is 1.75. The lowest BCUT2D eigenvalue weighted by Gasteiger charge is -2.49. The molecule has 2 aliphatic carbocycles. The van der Waals surface area contributed by atoms with Gasteiger partial charge in [0.25, 0.3) is 0 Å². The van der Waals surface area contributed by atoms with Crippen LogP contribution in [0.4, 0.5) is 0 Å². The van der Waals surface area contributed by atoms with Crippen LogP contribution < -0.4 is 0 Å². The van der Waals surface area contributed by atoms with Crippen LogP contribution in [0.15, 0.2) is 23.8 Å². The van der Waals surface area contributed by atoms with Crippen LogP contribution in [0.5, 0.6) is 0 Å². The molecule has 1 heterocycles. The molecule has 3 aliphatic rings. The van der Waals surface area contributed by atoms with Crippen molar-refractivity contribution in [1.29, 1.82) is 0 Å². The molecule has 1 N–H and O–H groups in total. The van der Waals surface area contributed by atoms with Crippen LogP contribution in [0.1, 0.15) is 33.6 Å². The summed E-state index contributed by atoms with van der Waals surface area (Å²) in [6.07, 6.45) is 1.80. The van der Waals surface area contributed by atoms with Gasteiger partial charge in [0.05, 0.1) is 6.10 Å². The number of hydrogen-bond acceptors (Lipinski definition) is 5. The van der Waals surface area contributed by atoms with Crippen molar-refractivity contribution in [1.82, 2.24) is 0 Å². The monoisotopic (exact) mass is 306 g/mol. The van der Waals surface area contributed by atoms with Gasteiger partial charge in [0, 0.05) is 24.3 Å². The van der Waals surface area contributed by atoms with Crippen molar-refractivity contribution in [2.75, 3.05) is 0 Å². The van der Waals surface area contributed by atoms with Gasteiger partial charge in [0.15, 0.2) is 0 Å². The fourth-order valence-corrected chi connectivity index (χ4v) is 4.28. The lowest BCUT2D eigenvalue weighted by Crippen LogP contribution is -2.50. The number of esters is 2. The first-order valence-electron chi connectivity index (χ1n) is 7.70. The van der Waals surface area contributed by atoms with Crippen molar-refractivity contribution in [2.24, 2.45) is 17.3 Å². The van der Waals surface area contributed by atoms with Crippen molar-refractivity contribution in [3.63, 3.8) is 0 Å². The fourth-order valence-electron chi connectivity index (χ4n) is 4.28. The van der Waals surface area contributed by atoms with E-state index in [1.807, 2.05) is 13.0 Å². The zero-order chi connectivity index (χ0) is 16.2. The average Bonchev–Trinajstić information content (AvgIpc) is 2.68. The molecule has 1 saturated heterocycles. The highest BCUT2D eigenvalue weighted by Gasteiger charge is 2.53. The van der Waals surface area contributed by atoms with E-state index in [1.165, 1.54) is 6.92 Å². The summed E-state index contributed by atoms with van der Waals surface area (Å²) in [5.74, 6) is -0.955. The first kappa shape index (κ1) is 15.3. The van der Waals surface area contributed by atoms with Gasteiger partial charge in [-0.15, -0.1) is 0 Å². The molecule has 1 aliphatic heterocycles. The number of aliphatic hydroxyl groups is 1. The molecule has 0 radical (unpaired) electrons. The minimum Gasteiger partial charge on any atom is -0.460 e. The van der Waals surface area contributed by atoms with Crippen LogP contribution in [0, 0.1) is 17.3 Å². The maximum absolute atomic E-state index is 11.7. The highest BCUT2D eigenvalue weighted by Crippen LogP contribution is 2.54. The maximum Gasteiger partial charge on any atom is 0.334 e. The van der Waals surface area contributed by atoms with Gasteiger partial charge in [0.1, 0.15) is 12.2 Å². The Bertz CT molecular complexity index is 578. The van der Waals surface area contributed by atoms with E-state index in [2.05, 4.69) is 13.5 Å². The van der Waals surface area contributed by atoms with Crippen LogP contribution in [0.25, 0.3) is 0 Å². The van der Waals surface area contributed by atoms with Crippen molar-refractivity contribution >= 4 is 11.9 Å². The lowest BCUT2D eigenvalue weighted by atomic mass is 9.58. The molecule has 0 unspecified atom stereocenters. The normalized spacial score (nSPS) is 43.8. The predicted molar refractivity (Wildman–Crippen MR) is 78.7 cm³/mol. The Balaban J connectivity index is 1.95. The van der Waals surface area contributed by atoms with Crippen molar-refractivity contribution in [3.8, 4) is 0 Å². The second-order valence-electron chi connectivity index (χ2n) is 7.01. The number of aliphatic hydroxyl groups excluding tert-OH is 1. The number of carbonyl (C=O) groups excluding carboxylic acids is 2. The van der Waals surface area contributed by atoms with E-state index in [0.717, 1.165) is 5.57 Å². The van der Waals surface area contributed by atoms with Crippen molar-refractivity contribution in [3.05, 3.63) is 23.8 Å². The quantitative estimate of drug-likeness (QED) is 0.454. The third-order valence-electron chi connectivity index (χ3n) is 5.38. The van der Waals surface area contributed by atoms with Gasteiger partial charge in [-0.3, -0.25) is 4.79 Å². The average molecular weight is 306 g/mol. The lowest BCUT2D eigenvalue weighted by molar-refractivity contribution is -0.160. The smallest absolute Gasteiger partial charge is 0.334 e. The van der Waals surface area contributed by atoms with E-state index >= 15 is 0 Å². The molecule has 0 aromatic heterocycles. The molecule has 6 atom stereocenters. The number of carbonyl (C=O) groups is 2. The summed E-state index contributed by atoms with van der Waals surface area (Å²) in [5, 5.41) is 10.5. The third kappa shape index (κ3) is 2.19. The van der Waals surface area contributed by atoms with Gasteiger partial charge in [0.2, 0.25) is 0 Å². The molecule has 3 rings (SSSR count). The molecule has 0 spiro atoms. The molecule has 120 valence electrons. The molecule has 1 saturated carbocycles. The number of fused-ring (bicyclic) bond motifs is 2. The summed E-state index contributed by atoms with van der Waals surface area (Å²) in [6, 6.07) is 0. The van der Waals surface area contributed by atoms with E-state index in [-0.39, 0.29) is 35.3 Å². The first-order chi connectivity index (χ1) is 10.2. The number of ether oxygens (including phenoxy) is 2. The number of hydrogen-bond donors (Lipinski definition) is 1. The summed E-state index contributed by atoms with van der Waals surface area (Å²) < 4.78 is 10.7. The Morgan fingerprint density at radius 3 is 2.82 bits per heavy atom. The van der Waals surface area contributed by atoms with Gasteiger partial charge in [-0.25, -0.2) is 4.79 Å². The summed E-state index contributed by atoms with van der Waals surface area (Å²) >= 11 is 0. The Hall–Kier alpha value is -1.62. The van der Waals surface area contributed by atoms with Crippen LogP contribution in [-0.2, 0) is 19.1 Å². The molecular weight excluding hydrogens is 284 g/mol. The molecule has 22 heavy (non-hydrogen) atoms. The third-order valence-corrected chi connectivity index (χ3v) is 5.38. The van der Waals surface area contributed by atoms with Gasteiger partial charge in [-0.1, -0.05) is 32.1 Å². The zero-order valence-electron chi connectivity index (χ0n) is 13.2. The summed E-state index contributed by atoms with van der Waals surface area (Å²) in [4.78, 5) is 23.0. The Morgan fingerprint density at radius 2 is 2.18 bits per heavy atom. The largest absolute Gasteiger partial charge is 0.460 e. The maximum atomic E-state index is 11.7. The van der Waals surface area contributed by atoms with E-state index in [9.17, 15) is 14.7 Å². The second kappa shape index (κ2) is 4.95. The van der Waals surface area contributed by atoms with E-state index in [1.54, 1.807) is 0 Å².